The Morgan fingerprint density at radius 3 is 2.38 bits per heavy atom. The number of nitrogens with zero attached hydrogens (tertiary/aromatic N) is 1. The molecule has 2 aromatic carbocycles. The van der Waals surface area contributed by atoms with E-state index >= 15 is 0 Å². The standard InChI is InChI=1S/C20H15N3O3/c21-11-12-6-8-13(9-7-12)15-10-16(14-4-2-1-3-5-14)26-19-17(15)18(24)22-20(25)23-19/h1-9,15-16H,10H2,(H2,22,23,24,25)/t15-,16+/m0/s1. The van der Waals surface area contributed by atoms with E-state index in [1.807, 2.05) is 42.5 Å². The summed E-state index contributed by atoms with van der Waals surface area (Å²) in [6, 6.07) is 18.9. The molecule has 1 aliphatic rings. The number of H-pyrrole nitrogens is 2. The van der Waals surface area contributed by atoms with Gasteiger partial charge in [-0.2, -0.15) is 5.26 Å². The van der Waals surface area contributed by atoms with Crippen LogP contribution in [0.1, 0.15) is 40.7 Å². The lowest BCUT2D eigenvalue weighted by Gasteiger charge is -2.31. The Hall–Kier alpha value is -3.59. The minimum absolute atomic E-state index is 0.202. The van der Waals surface area contributed by atoms with Crippen molar-refractivity contribution < 1.29 is 4.74 Å². The molecule has 1 aromatic heterocycles. The van der Waals surface area contributed by atoms with E-state index in [-0.39, 0.29) is 17.9 Å². The van der Waals surface area contributed by atoms with Crippen molar-refractivity contribution in [1.29, 1.82) is 5.26 Å². The molecule has 4 rings (SSSR count). The van der Waals surface area contributed by atoms with Crippen LogP contribution in [0.4, 0.5) is 0 Å². The quantitative estimate of drug-likeness (QED) is 0.746. The van der Waals surface area contributed by atoms with Crippen LogP contribution in [0.25, 0.3) is 0 Å². The number of fused-ring (bicyclic) bond motifs is 1. The van der Waals surface area contributed by atoms with Crippen molar-refractivity contribution in [2.75, 3.05) is 0 Å². The number of nitriles is 1. The van der Waals surface area contributed by atoms with Crippen LogP contribution in [-0.4, -0.2) is 9.97 Å². The van der Waals surface area contributed by atoms with Gasteiger partial charge < -0.3 is 4.74 Å². The smallest absolute Gasteiger partial charge is 0.328 e. The van der Waals surface area contributed by atoms with E-state index in [2.05, 4.69) is 16.0 Å². The summed E-state index contributed by atoms with van der Waals surface area (Å²) in [6.07, 6.45) is 0.264. The van der Waals surface area contributed by atoms with Gasteiger partial charge >= 0.3 is 5.69 Å². The van der Waals surface area contributed by atoms with Crippen LogP contribution in [0.15, 0.2) is 64.2 Å². The Morgan fingerprint density at radius 2 is 1.69 bits per heavy atom. The lowest BCUT2D eigenvalue weighted by molar-refractivity contribution is 0.157. The Kier molecular flexibility index (Phi) is 3.90. The summed E-state index contributed by atoms with van der Waals surface area (Å²) in [6.45, 7) is 0. The second-order valence-corrected chi connectivity index (χ2v) is 6.19. The van der Waals surface area contributed by atoms with E-state index in [0.29, 0.717) is 17.5 Å². The Balaban J connectivity index is 1.85. The zero-order valence-corrected chi connectivity index (χ0v) is 13.7. The Labute approximate surface area is 148 Å². The zero-order chi connectivity index (χ0) is 18.1. The highest BCUT2D eigenvalue weighted by Crippen LogP contribution is 2.42. The molecule has 6 nitrogen and oxygen atoms in total. The number of rotatable bonds is 2. The van der Waals surface area contributed by atoms with Crippen molar-refractivity contribution in [2.45, 2.75) is 18.4 Å². The highest BCUT2D eigenvalue weighted by atomic mass is 16.5. The minimum Gasteiger partial charge on any atom is -0.470 e. The van der Waals surface area contributed by atoms with E-state index in [0.717, 1.165) is 11.1 Å². The van der Waals surface area contributed by atoms with Crippen LogP contribution in [0.5, 0.6) is 5.88 Å². The predicted molar refractivity (Wildman–Crippen MR) is 95.1 cm³/mol. The fraction of sp³-hybridized carbons (Fsp3) is 0.150. The Morgan fingerprint density at radius 1 is 0.962 bits per heavy atom. The third-order valence-corrected chi connectivity index (χ3v) is 4.62. The molecule has 0 radical (unpaired) electrons. The number of aromatic nitrogens is 2. The van der Waals surface area contributed by atoms with E-state index in [1.165, 1.54) is 0 Å². The molecule has 2 atom stereocenters. The maximum absolute atomic E-state index is 12.4. The lowest BCUT2D eigenvalue weighted by Crippen LogP contribution is -2.33. The van der Waals surface area contributed by atoms with E-state index in [9.17, 15) is 9.59 Å². The maximum Gasteiger partial charge on any atom is 0.328 e. The number of ether oxygens (including phenoxy) is 1. The molecule has 0 fully saturated rings. The van der Waals surface area contributed by atoms with Gasteiger partial charge in [-0.15, -0.1) is 0 Å². The van der Waals surface area contributed by atoms with Gasteiger partial charge in [-0.25, -0.2) is 4.79 Å². The SMILES string of the molecule is N#Cc1ccc([C@@H]2C[C@H](c3ccccc3)Oc3[nH]c(=O)[nH]c(=O)c32)cc1. The predicted octanol–water partition coefficient (Wildman–Crippen LogP) is 2.59. The molecule has 2 N–H and O–H groups in total. The van der Waals surface area contributed by atoms with E-state index in [4.69, 9.17) is 10.00 Å². The van der Waals surface area contributed by atoms with Crippen molar-refractivity contribution in [3.8, 4) is 11.9 Å². The first-order valence-electron chi connectivity index (χ1n) is 8.24. The van der Waals surface area contributed by atoms with Crippen molar-refractivity contribution >= 4 is 0 Å². The molecule has 2 heterocycles. The summed E-state index contributed by atoms with van der Waals surface area (Å²) < 4.78 is 5.95. The van der Waals surface area contributed by atoms with Crippen molar-refractivity contribution in [1.82, 2.24) is 9.97 Å². The van der Waals surface area contributed by atoms with Gasteiger partial charge in [-0.05, 0) is 29.7 Å². The number of hydrogen-bond donors (Lipinski definition) is 2. The average molecular weight is 345 g/mol. The monoisotopic (exact) mass is 345 g/mol. The topological polar surface area (TPSA) is 98.7 Å². The molecule has 6 heteroatoms. The summed E-state index contributed by atoms with van der Waals surface area (Å²) in [5, 5.41) is 9.00. The number of nitrogens with one attached hydrogen (secondary N) is 2. The number of aromatic amines is 2. The van der Waals surface area contributed by atoms with Gasteiger partial charge in [0.15, 0.2) is 0 Å². The second kappa shape index (κ2) is 6.37. The van der Waals surface area contributed by atoms with Crippen LogP contribution in [0.2, 0.25) is 0 Å². The fourth-order valence-corrected chi connectivity index (χ4v) is 3.37. The van der Waals surface area contributed by atoms with Crippen molar-refractivity contribution in [2.24, 2.45) is 0 Å². The van der Waals surface area contributed by atoms with Crippen LogP contribution < -0.4 is 16.0 Å². The molecule has 0 amide bonds. The third kappa shape index (κ3) is 2.80. The maximum atomic E-state index is 12.4. The number of benzene rings is 2. The first-order chi connectivity index (χ1) is 12.7. The van der Waals surface area contributed by atoms with E-state index < -0.39 is 11.2 Å². The van der Waals surface area contributed by atoms with Crippen molar-refractivity contribution in [3.05, 3.63) is 97.7 Å². The molecule has 0 saturated heterocycles. The summed E-state index contributed by atoms with van der Waals surface area (Å²) >= 11 is 0. The van der Waals surface area contributed by atoms with Crippen LogP contribution in [-0.2, 0) is 0 Å². The molecule has 0 bridgehead atoms. The molecule has 3 aromatic rings. The average Bonchev–Trinajstić information content (AvgIpc) is 2.67. The molecule has 0 unspecified atom stereocenters. The van der Waals surface area contributed by atoms with Crippen molar-refractivity contribution in [3.63, 3.8) is 0 Å². The largest absolute Gasteiger partial charge is 0.470 e. The first kappa shape index (κ1) is 15.9. The first-order valence-corrected chi connectivity index (χ1v) is 8.24. The molecule has 1 aliphatic heterocycles. The molecule has 0 spiro atoms. The molecule has 0 aliphatic carbocycles. The highest BCUT2D eigenvalue weighted by Gasteiger charge is 2.33. The van der Waals surface area contributed by atoms with Gasteiger partial charge in [0, 0.05) is 5.92 Å². The second-order valence-electron chi connectivity index (χ2n) is 6.19. The highest BCUT2D eigenvalue weighted by molar-refractivity contribution is 5.42. The summed E-state index contributed by atoms with van der Waals surface area (Å²) in [7, 11) is 0. The Bertz CT molecular complexity index is 1090. The number of hydrogen-bond acceptors (Lipinski definition) is 4. The normalized spacial score (nSPS) is 18.4. The van der Waals surface area contributed by atoms with Gasteiger partial charge in [-0.1, -0.05) is 42.5 Å². The third-order valence-electron chi connectivity index (χ3n) is 4.62. The van der Waals surface area contributed by atoms with Gasteiger partial charge in [0.2, 0.25) is 5.88 Å². The summed E-state index contributed by atoms with van der Waals surface area (Å²) in [4.78, 5) is 29.0. The molecule has 26 heavy (non-hydrogen) atoms. The van der Waals surface area contributed by atoms with Gasteiger partial charge in [0.25, 0.3) is 5.56 Å². The zero-order valence-electron chi connectivity index (χ0n) is 13.7. The van der Waals surface area contributed by atoms with Gasteiger partial charge in [0.05, 0.1) is 17.2 Å². The molecule has 0 saturated carbocycles. The van der Waals surface area contributed by atoms with Crippen LogP contribution in [0, 0.1) is 11.3 Å². The molecular formula is C20H15N3O3. The lowest BCUT2D eigenvalue weighted by atomic mass is 9.84. The minimum atomic E-state index is -0.596. The van der Waals surface area contributed by atoms with Gasteiger partial charge in [0.1, 0.15) is 6.10 Å². The summed E-state index contributed by atoms with van der Waals surface area (Å²) in [5.41, 5.74) is 1.77. The van der Waals surface area contributed by atoms with Gasteiger partial charge in [-0.3, -0.25) is 14.8 Å². The fourth-order valence-electron chi connectivity index (χ4n) is 3.37. The van der Waals surface area contributed by atoms with Crippen LogP contribution >= 0.6 is 0 Å². The molecular weight excluding hydrogens is 330 g/mol. The molecule has 128 valence electrons. The van der Waals surface area contributed by atoms with E-state index in [1.54, 1.807) is 12.1 Å². The summed E-state index contributed by atoms with van der Waals surface area (Å²) in [5.74, 6) is -0.0505. The van der Waals surface area contributed by atoms with Crippen LogP contribution in [0.3, 0.4) is 0 Å².